The Kier molecular flexibility index (Phi) is 6.21. The summed E-state index contributed by atoms with van der Waals surface area (Å²) in [4.78, 5) is 36.8. The van der Waals surface area contributed by atoms with E-state index in [1.807, 2.05) is 47.9 Å². The first-order chi connectivity index (χ1) is 18.5. The number of rotatable bonds is 5. The van der Waals surface area contributed by atoms with E-state index >= 15 is 0 Å². The number of allylic oxidation sites excluding steroid dienone is 1. The number of aromatic nitrogens is 2. The Hall–Kier alpha value is -4.01. The van der Waals surface area contributed by atoms with Gasteiger partial charge in [-0.25, -0.2) is 9.79 Å². The number of thiazole rings is 1. The number of thiophene rings is 1. The van der Waals surface area contributed by atoms with Crippen molar-refractivity contribution in [3.05, 3.63) is 113 Å². The SMILES string of the molecule is CCOC(=O)C1=C(C)N=c2s/c(=C/c3c(-c4ccccc4)[nH]c4c(C)cccc34)c(=O)n2[C@@H]1c1cccs1. The summed E-state index contributed by atoms with van der Waals surface area (Å²) in [5, 5.41) is 3.00. The number of hydrogen-bond donors (Lipinski definition) is 1. The smallest absolute Gasteiger partial charge is 0.338 e. The second-order valence-electron chi connectivity index (χ2n) is 9.09. The summed E-state index contributed by atoms with van der Waals surface area (Å²) >= 11 is 2.85. The Morgan fingerprint density at radius 3 is 2.66 bits per heavy atom. The number of fused-ring (bicyclic) bond motifs is 2. The fourth-order valence-electron chi connectivity index (χ4n) is 5.01. The molecule has 0 spiro atoms. The molecule has 0 radical (unpaired) electrons. The summed E-state index contributed by atoms with van der Waals surface area (Å²) in [6, 6.07) is 19.6. The van der Waals surface area contributed by atoms with Gasteiger partial charge in [0.05, 0.1) is 28.1 Å². The van der Waals surface area contributed by atoms with Crippen molar-refractivity contribution in [1.29, 1.82) is 0 Å². The molecule has 0 fully saturated rings. The van der Waals surface area contributed by atoms with E-state index in [9.17, 15) is 9.59 Å². The zero-order valence-corrected chi connectivity index (χ0v) is 22.8. The number of aryl methyl sites for hydroxylation is 1. The van der Waals surface area contributed by atoms with Gasteiger partial charge >= 0.3 is 5.97 Å². The molecule has 1 aliphatic rings. The second-order valence-corrected chi connectivity index (χ2v) is 11.1. The number of esters is 1. The highest BCUT2D eigenvalue weighted by Crippen LogP contribution is 2.34. The number of carbonyl (C=O) groups excluding carboxylic acids is 1. The van der Waals surface area contributed by atoms with Crippen LogP contribution in [0.3, 0.4) is 0 Å². The lowest BCUT2D eigenvalue weighted by atomic mass is 10.0. The highest BCUT2D eigenvalue weighted by molar-refractivity contribution is 7.10. The van der Waals surface area contributed by atoms with E-state index in [4.69, 9.17) is 9.73 Å². The van der Waals surface area contributed by atoms with Gasteiger partial charge in [0.2, 0.25) is 0 Å². The normalized spacial score (nSPS) is 15.6. The fraction of sp³-hybridized carbons (Fsp3) is 0.167. The molecule has 0 saturated heterocycles. The van der Waals surface area contributed by atoms with Crippen molar-refractivity contribution in [2.24, 2.45) is 4.99 Å². The Labute approximate surface area is 226 Å². The van der Waals surface area contributed by atoms with Gasteiger partial charge in [-0.2, -0.15) is 0 Å². The standard InChI is InChI=1S/C30H25N3O3S2/c1-4-36-29(35)24-18(3)31-30-33(27(24)22-14-9-15-37-22)28(34)23(38-30)16-21-20-13-8-10-17(2)25(20)32-26(21)19-11-6-5-7-12-19/h5-16,27,32H,4H2,1-3H3/b23-16+/t27-/m1/s1. The van der Waals surface area contributed by atoms with Gasteiger partial charge < -0.3 is 9.72 Å². The van der Waals surface area contributed by atoms with Crippen molar-refractivity contribution in [3.63, 3.8) is 0 Å². The first-order valence-electron chi connectivity index (χ1n) is 12.4. The molecule has 4 heterocycles. The van der Waals surface area contributed by atoms with Gasteiger partial charge in [0.25, 0.3) is 5.56 Å². The molecule has 2 aromatic carbocycles. The predicted molar refractivity (Wildman–Crippen MR) is 153 cm³/mol. The van der Waals surface area contributed by atoms with Crippen LogP contribution in [0.4, 0.5) is 0 Å². The lowest BCUT2D eigenvalue weighted by Gasteiger charge is -2.23. The second kappa shape index (κ2) is 9.70. The molecule has 3 aromatic heterocycles. The highest BCUT2D eigenvalue weighted by atomic mass is 32.1. The number of aromatic amines is 1. The summed E-state index contributed by atoms with van der Waals surface area (Å²) < 4.78 is 7.58. The first-order valence-corrected chi connectivity index (χ1v) is 14.1. The largest absolute Gasteiger partial charge is 0.463 e. The molecule has 0 saturated carbocycles. The number of hydrogen-bond acceptors (Lipinski definition) is 6. The van der Waals surface area contributed by atoms with Crippen molar-refractivity contribution in [1.82, 2.24) is 9.55 Å². The number of carbonyl (C=O) groups is 1. The van der Waals surface area contributed by atoms with Crippen LogP contribution in [0, 0.1) is 6.92 Å². The van der Waals surface area contributed by atoms with Gasteiger partial charge in [0.15, 0.2) is 4.80 Å². The number of H-pyrrole nitrogens is 1. The topological polar surface area (TPSA) is 76.4 Å². The molecule has 6 rings (SSSR count). The Morgan fingerprint density at radius 2 is 1.92 bits per heavy atom. The number of nitrogens with one attached hydrogen (secondary N) is 1. The summed E-state index contributed by atoms with van der Waals surface area (Å²) in [7, 11) is 0. The maximum absolute atomic E-state index is 14.0. The van der Waals surface area contributed by atoms with Crippen LogP contribution in [0.15, 0.2) is 87.1 Å². The molecule has 1 atom stereocenters. The van der Waals surface area contributed by atoms with Crippen LogP contribution in [0.25, 0.3) is 28.2 Å². The minimum atomic E-state index is -0.578. The van der Waals surface area contributed by atoms with E-state index in [-0.39, 0.29) is 12.2 Å². The molecule has 190 valence electrons. The molecule has 6 nitrogen and oxygen atoms in total. The van der Waals surface area contributed by atoms with E-state index in [0.29, 0.717) is 20.6 Å². The third-order valence-electron chi connectivity index (χ3n) is 6.75. The van der Waals surface area contributed by atoms with Crippen LogP contribution < -0.4 is 14.9 Å². The average Bonchev–Trinajstić information content (AvgIpc) is 3.64. The number of para-hydroxylation sites is 1. The van der Waals surface area contributed by atoms with Gasteiger partial charge in [0.1, 0.15) is 6.04 Å². The minimum Gasteiger partial charge on any atom is -0.463 e. The quantitative estimate of drug-likeness (QED) is 0.307. The predicted octanol–water partition coefficient (Wildman–Crippen LogP) is 5.32. The van der Waals surface area contributed by atoms with Crippen LogP contribution in [0.1, 0.15) is 35.9 Å². The van der Waals surface area contributed by atoms with Gasteiger partial charge in [-0.3, -0.25) is 9.36 Å². The summed E-state index contributed by atoms with van der Waals surface area (Å²) in [6.07, 6.45) is 1.96. The molecule has 1 N–H and O–H groups in total. The zero-order chi connectivity index (χ0) is 26.4. The molecule has 0 amide bonds. The summed E-state index contributed by atoms with van der Waals surface area (Å²) in [5.74, 6) is -0.445. The number of ether oxygens (including phenoxy) is 1. The van der Waals surface area contributed by atoms with Crippen molar-refractivity contribution < 1.29 is 9.53 Å². The van der Waals surface area contributed by atoms with Gasteiger partial charge in [-0.15, -0.1) is 11.3 Å². The van der Waals surface area contributed by atoms with Crippen LogP contribution >= 0.6 is 22.7 Å². The fourth-order valence-corrected chi connectivity index (χ4v) is 6.86. The Bertz CT molecular complexity index is 1890. The average molecular weight is 540 g/mol. The third kappa shape index (κ3) is 3.97. The highest BCUT2D eigenvalue weighted by Gasteiger charge is 2.34. The van der Waals surface area contributed by atoms with Crippen LogP contribution in [-0.4, -0.2) is 22.1 Å². The first kappa shape index (κ1) is 24.3. The van der Waals surface area contributed by atoms with Crippen molar-refractivity contribution in [2.45, 2.75) is 26.8 Å². The third-order valence-corrected chi connectivity index (χ3v) is 8.66. The Morgan fingerprint density at radius 1 is 1.11 bits per heavy atom. The molecule has 0 unspecified atom stereocenters. The molecule has 8 heteroatoms. The number of benzene rings is 2. The molecule has 1 aliphatic heterocycles. The minimum absolute atomic E-state index is 0.178. The van der Waals surface area contributed by atoms with E-state index in [0.717, 1.165) is 38.2 Å². The maximum atomic E-state index is 14.0. The van der Waals surface area contributed by atoms with E-state index in [2.05, 4.69) is 36.2 Å². The van der Waals surface area contributed by atoms with Crippen molar-refractivity contribution in [3.8, 4) is 11.3 Å². The lowest BCUT2D eigenvalue weighted by Crippen LogP contribution is -2.39. The molecule has 0 bridgehead atoms. The molecular formula is C30H25N3O3S2. The summed E-state index contributed by atoms with van der Waals surface area (Å²) in [6.45, 7) is 5.90. The lowest BCUT2D eigenvalue weighted by molar-refractivity contribution is -0.139. The molecule has 38 heavy (non-hydrogen) atoms. The molecule has 5 aromatic rings. The van der Waals surface area contributed by atoms with Crippen LogP contribution in [-0.2, 0) is 9.53 Å². The van der Waals surface area contributed by atoms with E-state index < -0.39 is 12.0 Å². The van der Waals surface area contributed by atoms with E-state index in [1.165, 1.54) is 22.7 Å². The van der Waals surface area contributed by atoms with Crippen molar-refractivity contribution >= 4 is 45.6 Å². The molecule has 0 aliphatic carbocycles. The van der Waals surface area contributed by atoms with Gasteiger partial charge in [-0.05, 0) is 49.4 Å². The molecular weight excluding hydrogens is 514 g/mol. The van der Waals surface area contributed by atoms with Crippen molar-refractivity contribution in [2.75, 3.05) is 6.61 Å². The monoisotopic (exact) mass is 539 g/mol. The zero-order valence-electron chi connectivity index (χ0n) is 21.1. The Balaban J connectivity index is 1.62. The van der Waals surface area contributed by atoms with Gasteiger partial charge in [-0.1, -0.05) is 65.9 Å². The van der Waals surface area contributed by atoms with Crippen LogP contribution in [0.5, 0.6) is 0 Å². The number of nitrogens with zero attached hydrogens (tertiary/aromatic N) is 2. The summed E-state index contributed by atoms with van der Waals surface area (Å²) in [5.41, 5.74) is 5.92. The van der Waals surface area contributed by atoms with E-state index in [1.54, 1.807) is 18.4 Å². The van der Waals surface area contributed by atoms with Gasteiger partial charge in [0, 0.05) is 21.3 Å². The van der Waals surface area contributed by atoms with Crippen LogP contribution in [0.2, 0.25) is 0 Å². The maximum Gasteiger partial charge on any atom is 0.338 e.